The van der Waals surface area contributed by atoms with E-state index in [0.29, 0.717) is 11.7 Å². The van der Waals surface area contributed by atoms with Gasteiger partial charge in [-0.25, -0.2) is 0 Å². The average Bonchev–Trinajstić information content (AvgIpc) is 2.93. The number of para-hydroxylation sites is 1. The molecule has 0 radical (unpaired) electrons. The molecule has 0 aliphatic heterocycles. The van der Waals surface area contributed by atoms with E-state index >= 15 is 0 Å². The van der Waals surface area contributed by atoms with E-state index in [4.69, 9.17) is 4.42 Å². The molecule has 2 heteroatoms. The Labute approximate surface area is 101 Å². The predicted molar refractivity (Wildman–Crippen MR) is 67.0 cm³/mol. The molecule has 0 bridgehead atoms. The van der Waals surface area contributed by atoms with Crippen LogP contribution < -0.4 is 0 Å². The van der Waals surface area contributed by atoms with E-state index in [-0.39, 0.29) is 11.7 Å². The van der Waals surface area contributed by atoms with Crippen LogP contribution in [0.1, 0.15) is 36.7 Å². The standard InChI is InChI=1S/C15H16O2/c1-10-6-7-12(8-10)15(16)14-9-11-4-2-3-5-13(11)17-14/h2-5,9-10,12H,6-8H2,1H3. The molecule has 1 aromatic heterocycles. The van der Waals surface area contributed by atoms with Gasteiger partial charge in [-0.3, -0.25) is 4.79 Å². The Morgan fingerprint density at radius 1 is 1.29 bits per heavy atom. The Balaban J connectivity index is 1.90. The Kier molecular flexibility index (Phi) is 2.50. The van der Waals surface area contributed by atoms with Crippen molar-refractivity contribution in [1.29, 1.82) is 0 Å². The van der Waals surface area contributed by atoms with Gasteiger partial charge in [-0.05, 0) is 37.3 Å². The normalized spacial score (nSPS) is 24.3. The lowest BCUT2D eigenvalue weighted by molar-refractivity contribution is 0.0894. The van der Waals surface area contributed by atoms with Crippen LogP contribution >= 0.6 is 0 Å². The molecule has 2 atom stereocenters. The van der Waals surface area contributed by atoms with E-state index in [1.807, 2.05) is 30.3 Å². The van der Waals surface area contributed by atoms with Crippen molar-refractivity contribution in [3.8, 4) is 0 Å². The predicted octanol–water partition coefficient (Wildman–Crippen LogP) is 4.05. The Bertz CT molecular complexity index is 520. The number of carbonyl (C=O) groups excluding carboxylic acids is 1. The molecule has 0 spiro atoms. The molecule has 1 heterocycles. The molecule has 0 saturated heterocycles. The van der Waals surface area contributed by atoms with E-state index in [1.165, 1.54) is 0 Å². The number of Topliss-reactive ketones (excluding diaryl/α,β-unsaturated/α-hetero) is 1. The van der Waals surface area contributed by atoms with E-state index in [2.05, 4.69) is 6.92 Å². The zero-order valence-electron chi connectivity index (χ0n) is 9.98. The van der Waals surface area contributed by atoms with E-state index in [0.717, 1.165) is 30.2 Å². The molecule has 1 aromatic carbocycles. The molecule has 1 fully saturated rings. The van der Waals surface area contributed by atoms with Gasteiger partial charge in [0.25, 0.3) is 0 Å². The first-order chi connectivity index (χ1) is 8.24. The number of rotatable bonds is 2. The van der Waals surface area contributed by atoms with Crippen molar-refractivity contribution < 1.29 is 9.21 Å². The van der Waals surface area contributed by atoms with E-state index in [1.54, 1.807) is 0 Å². The summed E-state index contributed by atoms with van der Waals surface area (Å²) in [6.07, 6.45) is 3.18. The van der Waals surface area contributed by atoms with Gasteiger partial charge in [0.15, 0.2) is 5.76 Å². The fourth-order valence-corrected chi connectivity index (χ4v) is 2.75. The second-order valence-corrected chi connectivity index (χ2v) is 5.13. The largest absolute Gasteiger partial charge is 0.453 e. The molecule has 2 unspecified atom stereocenters. The maximum Gasteiger partial charge on any atom is 0.201 e. The number of furan rings is 1. The SMILES string of the molecule is CC1CCC(C(=O)c2cc3ccccc3o2)C1. The first kappa shape index (κ1) is 10.6. The van der Waals surface area contributed by atoms with Crippen molar-refractivity contribution in [1.82, 2.24) is 0 Å². The summed E-state index contributed by atoms with van der Waals surface area (Å²) in [4.78, 5) is 12.3. The van der Waals surface area contributed by atoms with E-state index in [9.17, 15) is 4.79 Å². The highest BCUT2D eigenvalue weighted by Gasteiger charge is 2.29. The average molecular weight is 228 g/mol. The second kappa shape index (κ2) is 4.02. The smallest absolute Gasteiger partial charge is 0.201 e. The van der Waals surface area contributed by atoms with Crippen LogP contribution in [0, 0.1) is 11.8 Å². The number of ketones is 1. The summed E-state index contributed by atoms with van der Waals surface area (Å²) in [5, 5.41) is 1.02. The second-order valence-electron chi connectivity index (χ2n) is 5.13. The molecule has 3 rings (SSSR count). The fourth-order valence-electron chi connectivity index (χ4n) is 2.75. The van der Waals surface area contributed by atoms with Crippen molar-refractivity contribution in [2.24, 2.45) is 11.8 Å². The van der Waals surface area contributed by atoms with Crippen LogP contribution in [0.2, 0.25) is 0 Å². The van der Waals surface area contributed by atoms with Crippen LogP contribution in [-0.2, 0) is 0 Å². The van der Waals surface area contributed by atoms with Gasteiger partial charge < -0.3 is 4.42 Å². The zero-order chi connectivity index (χ0) is 11.8. The van der Waals surface area contributed by atoms with Crippen LogP contribution in [0.4, 0.5) is 0 Å². The third-order valence-electron chi connectivity index (χ3n) is 3.73. The molecule has 2 aromatic rings. The Morgan fingerprint density at radius 2 is 2.12 bits per heavy atom. The third kappa shape index (κ3) is 1.88. The summed E-state index contributed by atoms with van der Waals surface area (Å²) in [5.74, 6) is 1.56. The monoisotopic (exact) mass is 228 g/mol. The van der Waals surface area contributed by atoms with Crippen LogP contribution in [-0.4, -0.2) is 5.78 Å². The van der Waals surface area contributed by atoms with Crippen LogP contribution in [0.15, 0.2) is 34.7 Å². The van der Waals surface area contributed by atoms with Gasteiger partial charge in [0.1, 0.15) is 5.58 Å². The van der Waals surface area contributed by atoms with Gasteiger partial charge >= 0.3 is 0 Å². The van der Waals surface area contributed by atoms with Gasteiger partial charge in [-0.15, -0.1) is 0 Å². The van der Waals surface area contributed by atoms with Crippen molar-refractivity contribution in [2.75, 3.05) is 0 Å². The molecule has 2 nitrogen and oxygen atoms in total. The minimum atomic E-state index is 0.172. The molecule has 1 aliphatic carbocycles. The van der Waals surface area contributed by atoms with Crippen LogP contribution in [0.3, 0.4) is 0 Å². The number of hydrogen-bond donors (Lipinski definition) is 0. The lowest BCUT2D eigenvalue weighted by Crippen LogP contribution is -2.10. The number of carbonyl (C=O) groups is 1. The summed E-state index contributed by atoms with van der Waals surface area (Å²) in [5.41, 5.74) is 0.807. The quantitative estimate of drug-likeness (QED) is 0.726. The van der Waals surface area contributed by atoms with Crippen LogP contribution in [0.25, 0.3) is 11.0 Å². The van der Waals surface area contributed by atoms with Crippen molar-refractivity contribution in [2.45, 2.75) is 26.2 Å². The first-order valence-corrected chi connectivity index (χ1v) is 6.27. The minimum absolute atomic E-state index is 0.172. The van der Waals surface area contributed by atoms with Gasteiger partial charge in [0, 0.05) is 11.3 Å². The van der Waals surface area contributed by atoms with Gasteiger partial charge in [0.05, 0.1) is 0 Å². The Morgan fingerprint density at radius 3 is 2.82 bits per heavy atom. The summed E-state index contributed by atoms with van der Waals surface area (Å²) in [6.45, 7) is 2.21. The molecule has 88 valence electrons. The molecule has 0 N–H and O–H groups in total. The zero-order valence-corrected chi connectivity index (χ0v) is 9.98. The highest BCUT2D eigenvalue weighted by molar-refractivity contribution is 5.99. The van der Waals surface area contributed by atoms with Gasteiger partial charge in [-0.2, -0.15) is 0 Å². The lowest BCUT2D eigenvalue weighted by atomic mass is 9.99. The highest BCUT2D eigenvalue weighted by Crippen LogP contribution is 2.33. The highest BCUT2D eigenvalue weighted by atomic mass is 16.3. The lowest BCUT2D eigenvalue weighted by Gasteiger charge is -2.04. The maximum atomic E-state index is 12.3. The molecule has 1 saturated carbocycles. The minimum Gasteiger partial charge on any atom is -0.453 e. The summed E-state index contributed by atoms with van der Waals surface area (Å²) in [6, 6.07) is 9.65. The summed E-state index contributed by atoms with van der Waals surface area (Å²) in [7, 11) is 0. The van der Waals surface area contributed by atoms with Crippen LogP contribution in [0.5, 0.6) is 0 Å². The van der Waals surface area contributed by atoms with Gasteiger partial charge in [0.2, 0.25) is 5.78 Å². The number of benzene rings is 1. The number of fused-ring (bicyclic) bond motifs is 1. The summed E-state index contributed by atoms with van der Waals surface area (Å²) >= 11 is 0. The topological polar surface area (TPSA) is 30.2 Å². The molecule has 1 aliphatic rings. The molecular formula is C15H16O2. The molecular weight excluding hydrogens is 212 g/mol. The van der Waals surface area contributed by atoms with Crippen molar-refractivity contribution in [3.63, 3.8) is 0 Å². The molecule has 0 amide bonds. The maximum absolute atomic E-state index is 12.3. The van der Waals surface area contributed by atoms with E-state index < -0.39 is 0 Å². The molecule has 17 heavy (non-hydrogen) atoms. The third-order valence-corrected chi connectivity index (χ3v) is 3.73. The van der Waals surface area contributed by atoms with Crippen molar-refractivity contribution >= 4 is 16.8 Å². The summed E-state index contributed by atoms with van der Waals surface area (Å²) < 4.78 is 5.63. The first-order valence-electron chi connectivity index (χ1n) is 6.27. The Hall–Kier alpha value is -1.57. The number of hydrogen-bond acceptors (Lipinski definition) is 2. The van der Waals surface area contributed by atoms with Gasteiger partial charge in [-0.1, -0.05) is 25.1 Å². The van der Waals surface area contributed by atoms with Crippen molar-refractivity contribution in [3.05, 3.63) is 36.1 Å². The fraction of sp³-hybridized carbons (Fsp3) is 0.400.